The van der Waals surface area contributed by atoms with Crippen molar-refractivity contribution in [3.05, 3.63) is 94.3 Å². The highest BCUT2D eigenvalue weighted by Gasteiger charge is 2.26. The van der Waals surface area contributed by atoms with Gasteiger partial charge in [0.25, 0.3) is 0 Å². The molecule has 0 aliphatic rings. The number of nitrogens with one attached hydrogen (secondary N) is 3. The number of carbonyl (C=O) groups is 2. The number of methoxy groups -OCH3 is 1. The van der Waals surface area contributed by atoms with Crippen molar-refractivity contribution < 1.29 is 27.3 Å². The van der Waals surface area contributed by atoms with Crippen LogP contribution in [0.4, 0.5) is 10.5 Å². The van der Waals surface area contributed by atoms with E-state index in [0.29, 0.717) is 12.1 Å². The minimum atomic E-state index is -4.40. The third-order valence-electron chi connectivity index (χ3n) is 5.64. The Morgan fingerprint density at radius 2 is 1.58 bits per heavy atom. The van der Waals surface area contributed by atoms with Gasteiger partial charge in [0.1, 0.15) is 11.0 Å². The molecule has 0 spiro atoms. The second kappa shape index (κ2) is 16.1. The van der Waals surface area contributed by atoms with Gasteiger partial charge in [-0.15, -0.1) is 22.7 Å². The first-order chi connectivity index (χ1) is 20.4. The monoisotopic (exact) mass is 645 g/mol. The molecule has 0 bridgehead atoms. The van der Waals surface area contributed by atoms with Crippen molar-refractivity contribution in [2.24, 2.45) is 0 Å². The van der Waals surface area contributed by atoms with Crippen molar-refractivity contribution in [2.45, 2.75) is 24.9 Å². The van der Waals surface area contributed by atoms with Crippen LogP contribution in [0.1, 0.15) is 22.9 Å². The number of aromatic nitrogens is 1. The number of carbonyl (C=O) groups excluding carboxylic acids is 2. The van der Waals surface area contributed by atoms with E-state index in [1.807, 2.05) is 84.0 Å². The molecule has 0 fully saturated rings. The van der Waals surface area contributed by atoms with Crippen molar-refractivity contribution in [1.82, 2.24) is 20.5 Å². The van der Waals surface area contributed by atoms with E-state index < -0.39 is 34.4 Å². The average molecular weight is 646 g/mol. The molecule has 4 rings (SSSR count). The maximum atomic E-state index is 13.5. The summed E-state index contributed by atoms with van der Waals surface area (Å²) in [4.78, 5) is 33.3. The van der Waals surface area contributed by atoms with E-state index >= 15 is 0 Å². The van der Waals surface area contributed by atoms with E-state index in [9.17, 15) is 18.0 Å². The Balaban J connectivity index is 0.00000119. The summed E-state index contributed by atoms with van der Waals surface area (Å²) in [5, 5.41) is 10.3. The lowest BCUT2D eigenvalue weighted by molar-refractivity contribution is -0.123. The minimum Gasteiger partial charge on any atom is -0.453 e. The predicted octanol–water partition coefficient (Wildman–Crippen LogP) is 4.63. The highest BCUT2D eigenvalue weighted by atomic mass is 32.2. The van der Waals surface area contributed by atoms with Gasteiger partial charge in [0.2, 0.25) is 5.91 Å². The fourth-order valence-electron chi connectivity index (χ4n) is 3.82. The summed E-state index contributed by atoms with van der Waals surface area (Å²) in [5.74, 6) is -0.412. The van der Waals surface area contributed by atoms with E-state index in [-0.39, 0.29) is 12.1 Å². The smallest absolute Gasteiger partial charge is 0.407 e. The van der Waals surface area contributed by atoms with Crippen molar-refractivity contribution in [1.29, 1.82) is 0 Å². The van der Waals surface area contributed by atoms with Crippen LogP contribution in [0.5, 0.6) is 0 Å². The summed E-state index contributed by atoms with van der Waals surface area (Å²) < 4.78 is 38.0. The van der Waals surface area contributed by atoms with Crippen LogP contribution in [0.2, 0.25) is 0 Å². The average Bonchev–Trinajstić information content (AvgIpc) is 3.65. The second-order valence-corrected chi connectivity index (χ2v) is 12.8. The van der Waals surface area contributed by atoms with E-state index in [0.717, 1.165) is 21.0 Å². The van der Waals surface area contributed by atoms with Gasteiger partial charge in [0.15, 0.2) is 0 Å². The minimum absolute atomic E-state index is 0.195. The van der Waals surface area contributed by atoms with E-state index in [1.54, 1.807) is 23.5 Å². The molecule has 0 radical (unpaired) electrons. The molecule has 2 heterocycles. The maximum absolute atomic E-state index is 13.5. The Morgan fingerprint density at radius 3 is 2.16 bits per heavy atom. The molecular formula is C29H35N5O6S3. The largest absolute Gasteiger partial charge is 0.453 e. The Kier molecular flexibility index (Phi) is 12.6. The van der Waals surface area contributed by atoms with Crippen molar-refractivity contribution in [3.8, 4) is 9.88 Å². The molecule has 0 saturated carbocycles. The normalized spacial score (nSPS) is 12.4. The fraction of sp³-hybridized carbons (Fsp3) is 0.276. The number of anilines is 1. The quantitative estimate of drug-likeness (QED) is 0.173. The van der Waals surface area contributed by atoms with Crippen LogP contribution < -0.4 is 15.4 Å². The summed E-state index contributed by atoms with van der Waals surface area (Å²) in [5.41, 5.74) is 2.49. The van der Waals surface area contributed by atoms with Crippen LogP contribution in [0.25, 0.3) is 9.88 Å². The van der Waals surface area contributed by atoms with Crippen molar-refractivity contribution in [3.63, 3.8) is 0 Å². The van der Waals surface area contributed by atoms with Gasteiger partial charge < -0.3 is 20.3 Å². The van der Waals surface area contributed by atoms with Crippen LogP contribution in [-0.4, -0.2) is 69.1 Å². The molecule has 0 saturated heterocycles. The van der Waals surface area contributed by atoms with Crippen LogP contribution in [0.15, 0.2) is 77.5 Å². The lowest BCUT2D eigenvalue weighted by atomic mass is 10.0. The highest BCUT2D eigenvalue weighted by molar-refractivity contribution is 7.87. The van der Waals surface area contributed by atoms with Crippen LogP contribution >= 0.6 is 22.7 Å². The number of benzene rings is 2. The molecule has 2 aromatic carbocycles. The molecule has 2 aromatic heterocycles. The Hall–Kier alpha value is -3.82. The SMILES string of the molecule is CN(C)C.COC(=O)NC(Cc1ccccc1)C(=O)NC(Cc1ccc(NS(=O)(=O)O)cc1)c1csc(-c2cccs2)n1. The summed E-state index contributed by atoms with van der Waals surface area (Å²) in [7, 11) is 2.84. The predicted molar refractivity (Wildman–Crippen MR) is 171 cm³/mol. The second-order valence-electron chi connectivity index (χ2n) is 9.81. The van der Waals surface area contributed by atoms with Gasteiger partial charge in [0.05, 0.1) is 29.4 Å². The van der Waals surface area contributed by atoms with Gasteiger partial charge in [-0.25, -0.2) is 9.78 Å². The Labute approximate surface area is 259 Å². The first-order valence-corrected chi connectivity index (χ1v) is 16.3. The van der Waals surface area contributed by atoms with E-state index in [2.05, 4.69) is 10.6 Å². The zero-order valence-electron chi connectivity index (χ0n) is 24.2. The molecular weight excluding hydrogens is 611 g/mol. The Bertz CT molecular complexity index is 1540. The summed E-state index contributed by atoms with van der Waals surface area (Å²) >= 11 is 3.02. The molecule has 2 atom stereocenters. The molecule has 43 heavy (non-hydrogen) atoms. The standard InChI is InChI=1S/C26H26N4O6S3.C3H9N/c1-36-26(32)29-21(15-17-6-3-2-4-7-17)24(31)27-20(22-16-38-25(28-22)23-8-5-13-37-23)14-18-9-11-19(12-10-18)30-39(33,34)35;1-4(2)3/h2-13,16,20-21,30H,14-15H2,1H3,(H,27,31)(H,29,32)(H,33,34,35);1-3H3. The number of nitrogens with zero attached hydrogens (tertiary/aromatic N) is 2. The third-order valence-corrected chi connectivity index (χ3v) is 8.04. The molecule has 4 N–H and O–H groups in total. The molecule has 230 valence electrons. The first kappa shape index (κ1) is 33.7. The molecule has 0 aliphatic carbocycles. The molecule has 2 unspecified atom stereocenters. The number of hydrogen-bond acceptors (Lipinski definition) is 9. The molecule has 0 aliphatic heterocycles. The first-order valence-electron chi connectivity index (χ1n) is 13.1. The van der Waals surface area contributed by atoms with E-state index in [4.69, 9.17) is 14.3 Å². The van der Waals surface area contributed by atoms with Gasteiger partial charge in [-0.05, 0) is 62.3 Å². The topological polar surface area (TPSA) is 150 Å². The number of rotatable bonds is 11. The van der Waals surface area contributed by atoms with Crippen LogP contribution in [0, 0.1) is 0 Å². The number of thiophene rings is 1. The number of amides is 2. The number of thiazole rings is 1. The Morgan fingerprint density at radius 1 is 0.930 bits per heavy atom. The number of ether oxygens (including phenoxy) is 1. The molecule has 4 aromatic rings. The summed E-state index contributed by atoms with van der Waals surface area (Å²) in [6.07, 6.45) is -0.137. The summed E-state index contributed by atoms with van der Waals surface area (Å²) in [6.45, 7) is 0. The van der Waals surface area contributed by atoms with Crippen LogP contribution in [-0.2, 0) is 32.7 Å². The van der Waals surface area contributed by atoms with Gasteiger partial charge in [-0.3, -0.25) is 14.1 Å². The summed E-state index contributed by atoms with van der Waals surface area (Å²) in [6, 6.07) is 18.2. The van der Waals surface area contributed by atoms with Crippen molar-refractivity contribution in [2.75, 3.05) is 33.0 Å². The van der Waals surface area contributed by atoms with Gasteiger partial charge in [0, 0.05) is 11.8 Å². The molecule has 2 amide bonds. The lowest BCUT2D eigenvalue weighted by Crippen LogP contribution is -2.49. The number of hydrogen-bond donors (Lipinski definition) is 4. The third kappa shape index (κ3) is 11.8. The van der Waals surface area contributed by atoms with Gasteiger partial charge in [-0.1, -0.05) is 48.5 Å². The van der Waals surface area contributed by atoms with Gasteiger partial charge >= 0.3 is 16.4 Å². The van der Waals surface area contributed by atoms with Gasteiger partial charge in [-0.2, -0.15) is 8.42 Å². The van der Waals surface area contributed by atoms with E-state index in [1.165, 1.54) is 30.6 Å². The maximum Gasteiger partial charge on any atom is 0.407 e. The molecule has 11 nitrogen and oxygen atoms in total. The zero-order chi connectivity index (χ0) is 31.4. The zero-order valence-corrected chi connectivity index (χ0v) is 26.6. The highest BCUT2D eigenvalue weighted by Crippen LogP contribution is 2.31. The molecule has 14 heteroatoms. The van der Waals surface area contributed by atoms with Crippen molar-refractivity contribution >= 4 is 50.7 Å². The van der Waals surface area contributed by atoms with Crippen LogP contribution in [0.3, 0.4) is 0 Å². The lowest BCUT2D eigenvalue weighted by Gasteiger charge is -2.23. The number of alkyl carbamates (subject to hydrolysis) is 1. The fourth-order valence-corrected chi connectivity index (χ4v) is 5.94.